The second kappa shape index (κ2) is 5.35. The third-order valence-corrected chi connectivity index (χ3v) is 4.70. The van der Waals surface area contributed by atoms with Crippen LogP contribution in [-0.2, 0) is 0 Å². The molecule has 4 rings (SSSR count). The van der Waals surface area contributed by atoms with Crippen molar-refractivity contribution < 1.29 is 4.79 Å². The highest BCUT2D eigenvalue weighted by atomic mass is 16.1. The van der Waals surface area contributed by atoms with Crippen molar-refractivity contribution in [2.24, 2.45) is 5.92 Å². The van der Waals surface area contributed by atoms with Crippen LogP contribution in [-0.4, -0.2) is 52.1 Å². The summed E-state index contributed by atoms with van der Waals surface area (Å²) in [5.74, 6) is 2.05. The van der Waals surface area contributed by atoms with E-state index in [1.165, 1.54) is 12.8 Å². The van der Waals surface area contributed by atoms with Crippen LogP contribution < -0.4 is 5.32 Å². The summed E-state index contributed by atoms with van der Waals surface area (Å²) in [6, 6.07) is 3.71. The van der Waals surface area contributed by atoms with E-state index in [0.29, 0.717) is 17.4 Å². The van der Waals surface area contributed by atoms with E-state index in [1.54, 1.807) is 0 Å². The summed E-state index contributed by atoms with van der Waals surface area (Å²) in [5, 5.41) is 11.6. The number of fused-ring (bicyclic) bond motifs is 1. The van der Waals surface area contributed by atoms with Gasteiger partial charge in [0.25, 0.3) is 5.91 Å². The van der Waals surface area contributed by atoms with Gasteiger partial charge in [-0.15, -0.1) is 10.2 Å². The quantitative estimate of drug-likeness (QED) is 0.924. The van der Waals surface area contributed by atoms with Gasteiger partial charge in [-0.2, -0.15) is 0 Å². The third-order valence-electron chi connectivity index (χ3n) is 4.70. The molecule has 2 fully saturated rings. The second-order valence-corrected chi connectivity index (χ2v) is 6.61. The Kier molecular flexibility index (Phi) is 3.33. The van der Waals surface area contributed by atoms with Crippen LogP contribution in [0.4, 0.5) is 0 Å². The summed E-state index contributed by atoms with van der Waals surface area (Å²) < 4.78 is 1.98. The normalized spacial score (nSPS) is 22.3. The summed E-state index contributed by atoms with van der Waals surface area (Å²) in [6.45, 7) is 2.87. The Morgan fingerprint density at radius 1 is 1.32 bits per heavy atom. The fourth-order valence-corrected chi connectivity index (χ4v) is 3.13. The molecular weight excluding hydrogens is 278 g/mol. The average molecular weight is 299 g/mol. The summed E-state index contributed by atoms with van der Waals surface area (Å²) >= 11 is 0. The number of hydrogen-bond donors (Lipinski definition) is 1. The number of likely N-dealkylation sites (tertiary alicyclic amines) is 1. The Morgan fingerprint density at radius 2 is 2.18 bits per heavy atom. The zero-order valence-electron chi connectivity index (χ0n) is 12.8. The lowest BCUT2D eigenvalue weighted by Crippen LogP contribution is -2.25. The van der Waals surface area contributed by atoms with Gasteiger partial charge in [0.1, 0.15) is 5.82 Å². The van der Waals surface area contributed by atoms with Crippen molar-refractivity contribution in [2.45, 2.75) is 25.2 Å². The Hall–Kier alpha value is -1.95. The molecule has 1 aliphatic heterocycles. The lowest BCUT2D eigenvalue weighted by molar-refractivity contribution is 0.0951. The molecule has 6 heteroatoms. The Morgan fingerprint density at radius 3 is 2.91 bits per heavy atom. The van der Waals surface area contributed by atoms with Crippen LogP contribution in [0.1, 0.15) is 41.4 Å². The molecule has 1 saturated heterocycles. The van der Waals surface area contributed by atoms with Crippen LogP contribution in [0.3, 0.4) is 0 Å². The molecule has 1 saturated carbocycles. The second-order valence-electron chi connectivity index (χ2n) is 6.61. The van der Waals surface area contributed by atoms with E-state index in [9.17, 15) is 4.79 Å². The molecule has 3 heterocycles. The zero-order chi connectivity index (χ0) is 15.1. The van der Waals surface area contributed by atoms with Gasteiger partial charge in [0.2, 0.25) is 0 Å². The fourth-order valence-electron chi connectivity index (χ4n) is 3.13. The molecule has 116 valence electrons. The molecule has 1 aliphatic carbocycles. The van der Waals surface area contributed by atoms with Gasteiger partial charge in [-0.1, -0.05) is 0 Å². The van der Waals surface area contributed by atoms with Crippen molar-refractivity contribution in [1.82, 2.24) is 24.8 Å². The number of rotatable bonds is 4. The first-order valence-corrected chi connectivity index (χ1v) is 8.02. The van der Waals surface area contributed by atoms with Gasteiger partial charge >= 0.3 is 0 Å². The maximum atomic E-state index is 12.3. The molecule has 1 N–H and O–H groups in total. The number of amides is 1. The minimum atomic E-state index is -0.00279. The van der Waals surface area contributed by atoms with Gasteiger partial charge in [0.05, 0.1) is 5.56 Å². The number of nitrogens with zero attached hydrogens (tertiary/aromatic N) is 4. The molecule has 0 radical (unpaired) electrons. The van der Waals surface area contributed by atoms with E-state index in [0.717, 1.165) is 37.5 Å². The van der Waals surface area contributed by atoms with Crippen molar-refractivity contribution in [2.75, 3.05) is 26.7 Å². The fraction of sp³-hybridized carbons (Fsp3) is 0.562. The molecule has 6 nitrogen and oxygen atoms in total. The first kappa shape index (κ1) is 13.7. The van der Waals surface area contributed by atoms with Crippen molar-refractivity contribution in [3.05, 3.63) is 29.7 Å². The zero-order valence-corrected chi connectivity index (χ0v) is 12.8. The van der Waals surface area contributed by atoms with Crippen molar-refractivity contribution in [3.63, 3.8) is 0 Å². The predicted octanol–water partition coefficient (Wildman–Crippen LogP) is 1.29. The highest BCUT2D eigenvalue weighted by Crippen LogP contribution is 2.28. The monoisotopic (exact) mass is 299 g/mol. The first-order valence-electron chi connectivity index (χ1n) is 8.02. The number of hydrogen-bond acceptors (Lipinski definition) is 4. The molecule has 22 heavy (non-hydrogen) atoms. The molecular formula is C16H21N5O. The van der Waals surface area contributed by atoms with Crippen LogP contribution in [0, 0.1) is 5.92 Å². The average Bonchev–Trinajstić information content (AvgIpc) is 3.11. The SMILES string of the molecule is CN1CCC(c2nnc3ccc(C(=O)NCC4CC4)cn23)C1. The highest BCUT2D eigenvalue weighted by Gasteiger charge is 2.26. The van der Waals surface area contributed by atoms with Gasteiger partial charge in [0.15, 0.2) is 5.65 Å². The topological polar surface area (TPSA) is 62.5 Å². The van der Waals surface area contributed by atoms with Crippen molar-refractivity contribution in [1.29, 1.82) is 0 Å². The minimum Gasteiger partial charge on any atom is -0.352 e. The summed E-state index contributed by atoms with van der Waals surface area (Å²) in [7, 11) is 2.12. The maximum Gasteiger partial charge on any atom is 0.252 e. The van der Waals surface area contributed by atoms with Crippen LogP contribution in [0.5, 0.6) is 0 Å². The Labute approximate surface area is 129 Å². The van der Waals surface area contributed by atoms with Gasteiger partial charge < -0.3 is 10.2 Å². The molecule has 2 aliphatic rings. The third kappa shape index (κ3) is 2.59. The van der Waals surface area contributed by atoms with Crippen molar-refractivity contribution >= 4 is 11.6 Å². The number of likely N-dealkylation sites (N-methyl/N-ethyl adjacent to an activating group) is 1. The number of pyridine rings is 1. The van der Waals surface area contributed by atoms with E-state index < -0.39 is 0 Å². The molecule has 0 bridgehead atoms. The number of nitrogens with one attached hydrogen (secondary N) is 1. The Balaban J connectivity index is 1.59. The number of carbonyl (C=O) groups excluding carboxylic acids is 1. The van der Waals surface area contributed by atoms with Gasteiger partial charge in [0, 0.05) is 25.2 Å². The highest BCUT2D eigenvalue weighted by molar-refractivity contribution is 5.94. The minimum absolute atomic E-state index is 0.00279. The molecule has 1 atom stereocenters. The summed E-state index contributed by atoms with van der Waals surface area (Å²) in [4.78, 5) is 14.6. The van der Waals surface area contributed by atoms with E-state index in [2.05, 4.69) is 27.5 Å². The maximum absolute atomic E-state index is 12.3. The smallest absolute Gasteiger partial charge is 0.252 e. The van der Waals surface area contributed by atoms with E-state index in [4.69, 9.17) is 0 Å². The molecule has 0 aromatic carbocycles. The van der Waals surface area contributed by atoms with Crippen LogP contribution in [0.2, 0.25) is 0 Å². The molecule has 1 amide bonds. The van der Waals surface area contributed by atoms with E-state index in [-0.39, 0.29) is 5.91 Å². The Bertz CT molecular complexity index is 706. The summed E-state index contributed by atoms with van der Waals surface area (Å²) in [5.41, 5.74) is 1.49. The predicted molar refractivity (Wildman–Crippen MR) is 82.9 cm³/mol. The number of carbonyl (C=O) groups is 1. The largest absolute Gasteiger partial charge is 0.352 e. The van der Waals surface area contributed by atoms with Crippen LogP contribution in [0.15, 0.2) is 18.3 Å². The van der Waals surface area contributed by atoms with Crippen LogP contribution >= 0.6 is 0 Å². The van der Waals surface area contributed by atoms with Crippen LogP contribution in [0.25, 0.3) is 5.65 Å². The van der Waals surface area contributed by atoms with Gasteiger partial charge in [-0.05, 0) is 50.9 Å². The molecule has 0 spiro atoms. The number of aromatic nitrogens is 3. The summed E-state index contributed by atoms with van der Waals surface area (Å²) in [6.07, 6.45) is 5.45. The lowest BCUT2D eigenvalue weighted by atomic mass is 10.1. The van der Waals surface area contributed by atoms with Crippen molar-refractivity contribution in [3.8, 4) is 0 Å². The van der Waals surface area contributed by atoms with Gasteiger partial charge in [-0.3, -0.25) is 9.20 Å². The lowest BCUT2D eigenvalue weighted by Gasteiger charge is -2.09. The standard InChI is InChI=1S/C16H21N5O/c1-20-7-6-12(9-20)15-19-18-14-5-4-13(10-21(14)15)16(22)17-8-11-2-3-11/h4-5,10-12H,2-3,6-9H2,1H3,(H,17,22). The molecule has 2 aromatic rings. The van der Waals surface area contributed by atoms with E-state index in [1.807, 2.05) is 22.7 Å². The van der Waals surface area contributed by atoms with Gasteiger partial charge in [-0.25, -0.2) is 0 Å². The first-order chi connectivity index (χ1) is 10.7. The molecule has 1 unspecified atom stereocenters. The molecule has 2 aromatic heterocycles. The van der Waals surface area contributed by atoms with E-state index >= 15 is 0 Å².